The SMILES string of the molecule is C=CCOc1cccc2c1CC(C1(OC)Cc3ccccc3C1)C2=O. The monoisotopic (exact) mass is 334 g/mol. The van der Waals surface area contributed by atoms with Crippen LogP contribution in [-0.2, 0) is 24.0 Å². The first-order valence-corrected chi connectivity index (χ1v) is 8.70. The quantitative estimate of drug-likeness (QED) is 0.781. The number of fused-ring (bicyclic) bond motifs is 2. The summed E-state index contributed by atoms with van der Waals surface area (Å²) in [5, 5.41) is 0. The molecular formula is C22H22O3. The fourth-order valence-electron chi connectivity index (χ4n) is 4.34. The van der Waals surface area contributed by atoms with Crippen molar-refractivity contribution in [3.05, 3.63) is 77.4 Å². The largest absolute Gasteiger partial charge is 0.489 e. The van der Waals surface area contributed by atoms with Gasteiger partial charge in [0.15, 0.2) is 5.78 Å². The van der Waals surface area contributed by atoms with Gasteiger partial charge < -0.3 is 9.47 Å². The molecule has 0 N–H and O–H groups in total. The van der Waals surface area contributed by atoms with E-state index in [1.165, 1.54) is 11.1 Å². The molecule has 0 amide bonds. The number of Topliss-reactive ketones (excluding diaryl/α,β-unsaturated/α-hetero) is 1. The van der Waals surface area contributed by atoms with E-state index >= 15 is 0 Å². The highest BCUT2D eigenvalue weighted by molar-refractivity contribution is 6.03. The number of rotatable bonds is 5. The van der Waals surface area contributed by atoms with Gasteiger partial charge in [-0.3, -0.25) is 4.79 Å². The molecule has 0 bridgehead atoms. The van der Waals surface area contributed by atoms with Gasteiger partial charge in [0.1, 0.15) is 12.4 Å². The first-order valence-electron chi connectivity index (χ1n) is 8.70. The average Bonchev–Trinajstić information content (AvgIpc) is 3.19. The van der Waals surface area contributed by atoms with Gasteiger partial charge in [0.25, 0.3) is 0 Å². The number of carbonyl (C=O) groups is 1. The maximum Gasteiger partial charge on any atom is 0.169 e. The zero-order valence-electron chi connectivity index (χ0n) is 14.5. The number of ether oxygens (including phenoxy) is 2. The average molecular weight is 334 g/mol. The summed E-state index contributed by atoms with van der Waals surface area (Å²) in [5.74, 6) is 0.789. The number of carbonyl (C=O) groups excluding carboxylic acids is 1. The fraction of sp³-hybridized carbons (Fsp3) is 0.318. The van der Waals surface area contributed by atoms with Crippen molar-refractivity contribution in [2.45, 2.75) is 24.9 Å². The molecule has 3 nitrogen and oxygen atoms in total. The minimum atomic E-state index is -0.463. The molecule has 0 saturated heterocycles. The van der Waals surface area contributed by atoms with E-state index < -0.39 is 5.60 Å². The normalized spacial score (nSPS) is 20.2. The molecule has 0 spiro atoms. The summed E-state index contributed by atoms with van der Waals surface area (Å²) in [6.45, 7) is 4.14. The Balaban J connectivity index is 1.68. The minimum Gasteiger partial charge on any atom is -0.489 e. The summed E-state index contributed by atoms with van der Waals surface area (Å²) in [6, 6.07) is 14.1. The molecule has 3 heteroatoms. The molecule has 0 heterocycles. The lowest BCUT2D eigenvalue weighted by molar-refractivity contribution is -0.0385. The van der Waals surface area contributed by atoms with Crippen LogP contribution < -0.4 is 4.74 Å². The van der Waals surface area contributed by atoms with Gasteiger partial charge in [-0.25, -0.2) is 0 Å². The number of hydrogen-bond donors (Lipinski definition) is 0. The van der Waals surface area contributed by atoms with Crippen LogP contribution in [0.25, 0.3) is 0 Å². The Bertz CT molecular complexity index is 812. The van der Waals surface area contributed by atoms with Crippen molar-refractivity contribution >= 4 is 5.78 Å². The van der Waals surface area contributed by atoms with Crippen LogP contribution in [0, 0.1) is 5.92 Å². The summed E-state index contributed by atoms with van der Waals surface area (Å²) < 4.78 is 11.8. The molecule has 2 aliphatic carbocycles. The summed E-state index contributed by atoms with van der Waals surface area (Å²) in [7, 11) is 1.73. The minimum absolute atomic E-state index is 0.173. The molecule has 0 radical (unpaired) electrons. The van der Waals surface area contributed by atoms with E-state index in [0.717, 1.165) is 29.7 Å². The van der Waals surface area contributed by atoms with Crippen LogP contribution in [0.3, 0.4) is 0 Å². The Morgan fingerprint density at radius 3 is 2.52 bits per heavy atom. The summed E-state index contributed by atoms with van der Waals surface area (Å²) in [4.78, 5) is 13.2. The van der Waals surface area contributed by atoms with Crippen molar-refractivity contribution in [1.82, 2.24) is 0 Å². The topological polar surface area (TPSA) is 35.5 Å². The first kappa shape index (κ1) is 16.1. The fourth-order valence-corrected chi connectivity index (χ4v) is 4.34. The molecule has 0 aliphatic heterocycles. The Hall–Kier alpha value is -2.39. The van der Waals surface area contributed by atoms with Crippen LogP contribution in [0.5, 0.6) is 5.75 Å². The summed E-state index contributed by atoms with van der Waals surface area (Å²) in [6.07, 6.45) is 3.96. The molecule has 0 saturated carbocycles. The highest BCUT2D eigenvalue weighted by Gasteiger charge is 2.50. The summed E-state index contributed by atoms with van der Waals surface area (Å²) >= 11 is 0. The highest BCUT2D eigenvalue weighted by atomic mass is 16.5. The second-order valence-corrected chi connectivity index (χ2v) is 6.89. The molecule has 1 atom stereocenters. The smallest absolute Gasteiger partial charge is 0.169 e. The van der Waals surface area contributed by atoms with Gasteiger partial charge in [-0.2, -0.15) is 0 Å². The van der Waals surface area contributed by atoms with E-state index in [0.29, 0.717) is 13.0 Å². The van der Waals surface area contributed by atoms with Gasteiger partial charge in [-0.15, -0.1) is 0 Å². The third-order valence-corrected chi connectivity index (χ3v) is 5.62. The molecule has 1 unspecified atom stereocenters. The van der Waals surface area contributed by atoms with E-state index in [2.05, 4.69) is 30.8 Å². The predicted octanol–water partition coefficient (Wildman–Crippen LogP) is 3.79. The number of ketones is 1. The van der Waals surface area contributed by atoms with Crippen LogP contribution in [0.2, 0.25) is 0 Å². The zero-order chi connectivity index (χ0) is 17.4. The van der Waals surface area contributed by atoms with E-state index in [1.807, 2.05) is 18.2 Å². The molecular weight excluding hydrogens is 312 g/mol. The third-order valence-electron chi connectivity index (χ3n) is 5.62. The van der Waals surface area contributed by atoms with Crippen LogP contribution in [-0.4, -0.2) is 25.1 Å². The van der Waals surface area contributed by atoms with Crippen LogP contribution in [0.4, 0.5) is 0 Å². The van der Waals surface area contributed by atoms with Crippen molar-refractivity contribution in [3.63, 3.8) is 0 Å². The van der Waals surface area contributed by atoms with Gasteiger partial charge in [0, 0.05) is 31.1 Å². The second-order valence-electron chi connectivity index (χ2n) is 6.89. The molecule has 2 aliphatic rings. The Labute approximate surface area is 148 Å². The van der Waals surface area contributed by atoms with Crippen molar-refractivity contribution < 1.29 is 14.3 Å². The number of hydrogen-bond acceptors (Lipinski definition) is 3. The predicted molar refractivity (Wildman–Crippen MR) is 97.2 cm³/mol. The Morgan fingerprint density at radius 1 is 1.16 bits per heavy atom. The third kappa shape index (κ3) is 2.50. The van der Waals surface area contributed by atoms with E-state index in [-0.39, 0.29) is 11.7 Å². The number of benzene rings is 2. The maximum atomic E-state index is 13.2. The highest BCUT2D eigenvalue weighted by Crippen LogP contribution is 2.45. The molecule has 0 aromatic heterocycles. The van der Waals surface area contributed by atoms with E-state index in [9.17, 15) is 4.79 Å². The van der Waals surface area contributed by atoms with Crippen molar-refractivity contribution in [1.29, 1.82) is 0 Å². The number of methoxy groups -OCH3 is 1. The van der Waals surface area contributed by atoms with Crippen LogP contribution in [0.15, 0.2) is 55.1 Å². The lowest BCUT2D eigenvalue weighted by Gasteiger charge is -2.33. The molecule has 25 heavy (non-hydrogen) atoms. The molecule has 128 valence electrons. The molecule has 4 rings (SSSR count). The lowest BCUT2D eigenvalue weighted by Crippen LogP contribution is -2.44. The lowest BCUT2D eigenvalue weighted by atomic mass is 9.81. The van der Waals surface area contributed by atoms with Gasteiger partial charge in [-0.1, -0.05) is 49.1 Å². The Kier molecular flexibility index (Phi) is 3.97. The van der Waals surface area contributed by atoms with E-state index in [4.69, 9.17) is 9.47 Å². The standard InChI is InChI=1S/C22H22O3/c1-3-11-25-20-10-6-9-17-18(20)12-19(21(17)23)22(24-2)13-15-7-4-5-8-16(15)14-22/h3-10,19H,1,11-14H2,2H3. The molecule has 2 aromatic carbocycles. The second kappa shape index (κ2) is 6.16. The zero-order valence-corrected chi connectivity index (χ0v) is 14.5. The van der Waals surface area contributed by atoms with Crippen LogP contribution in [0.1, 0.15) is 27.0 Å². The van der Waals surface area contributed by atoms with Crippen molar-refractivity contribution in [3.8, 4) is 5.75 Å². The van der Waals surface area contributed by atoms with E-state index in [1.54, 1.807) is 13.2 Å². The van der Waals surface area contributed by atoms with Gasteiger partial charge in [0.05, 0.1) is 11.5 Å². The first-order chi connectivity index (χ1) is 12.2. The van der Waals surface area contributed by atoms with Crippen molar-refractivity contribution in [2.75, 3.05) is 13.7 Å². The van der Waals surface area contributed by atoms with Crippen LogP contribution >= 0.6 is 0 Å². The Morgan fingerprint density at radius 2 is 1.88 bits per heavy atom. The van der Waals surface area contributed by atoms with Gasteiger partial charge in [-0.05, 0) is 23.6 Å². The molecule has 0 fully saturated rings. The van der Waals surface area contributed by atoms with Gasteiger partial charge in [0.2, 0.25) is 0 Å². The van der Waals surface area contributed by atoms with Crippen molar-refractivity contribution in [2.24, 2.45) is 5.92 Å². The van der Waals surface area contributed by atoms with Gasteiger partial charge >= 0.3 is 0 Å². The molecule has 2 aromatic rings. The summed E-state index contributed by atoms with van der Waals surface area (Å²) in [5.41, 5.74) is 3.90. The maximum absolute atomic E-state index is 13.2.